The van der Waals surface area contributed by atoms with Crippen molar-refractivity contribution in [3.63, 3.8) is 0 Å². The van der Waals surface area contributed by atoms with Crippen LogP contribution in [-0.2, 0) is 0 Å². The fraction of sp³-hybridized carbons (Fsp3) is 0.400. The molecular weight excluding hydrogens is 166 g/mol. The smallest absolute Gasteiger partial charge is 0.167 e. The number of benzene rings is 1. The first-order valence-corrected chi connectivity index (χ1v) is 4.52. The van der Waals surface area contributed by atoms with E-state index in [2.05, 4.69) is 5.32 Å². The summed E-state index contributed by atoms with van der Waals surface area (Å²) in [4.78, 5) is 0. The summed E-state index contributed by atoms with van der Waals surface area (Å²) in [6.07, 6.45) is 0.00630. The monoisotopic (exact) mass is 181 g/mol. The van der Waals surface area contributed by atoms with E-state index in [1.54, 1.807) is 18.2 Å². The maximum atomic E-state index is 9.09. The first-order chi connectivity index (χ1) is 6.25. The van der Waals surface area contributed by atoms with Crippen LogP contribution in [0.5, 0.6) is 11.5 Å². The Balaban J connectivity index is 0.000000396. The lowest BCUT2D eigenvalue weighted by Crippen LogP contribution is -2.13. The highest BCUT2D eigenvalue weighted by Gasteiger charge is 2.16. The van der Waals surface area contributed by atoms with Gasteiger partial charge in [0.1, 0.15) is 11.5 Å². The zero-order valence-corrected chi connectivity index (χ0v) is 8.16. The summed E-state index contributed by atoms with van der Waals surface area (Å²) in [6.45, 7) is 5.91. The van der Waals surface area contributed by atoms with Gasteiger partial charge in [-0.05, 0) is 19.1 Å². The number of nitrogens with one attached hydrogen (secondary N) is 1. The van der Waals surface area contributed by atoms with Gasteiger partial charge in [0.05, 0.1) is 5.69 Å². The second kappa shape index (κ2) is 4.03. The molecule has 0 amide bonds. The summed E-state index contributed by atoms with van der Waals surface area (Å²) in [5.41, 5.74) is 0.859. The van der Waals surface area contributed by atoms with Gasteiger partial charge in [0.25, 0.3) is 0 Å². The Labute approximate surface area is 78.3 Å². The number of phenolic OH excluding ortho intramolecular Hbond substituents is 1. The first kappa shape index (κ1) is 9.71. The minimum absolute atomic E-state index is 0.00630. The lowest BCUT2D eigenvalue weighted by molar-refractivity contribution is 0.274. The third kappa shape index (κ3) is 2.05. The van der Waals surface area contributed by atoms with Gasteiger partial charge in [-0.2, -0.15) is 0 Å². The molecule has 1 heterocycles. The maximum absolute atomic E-state index is 9.09. The van der Waals surface area contributed by atoms with Crippen molar-refractivity contribution < 1.29 is 9.84 Å². The van der Waals surface area contributed by atoms with Crippen LogP contribution in [0.4, 0.5) is 5.69 Å². The zero-order chi connectivity index (χ0) is 9.84. The Morgan fingerprint density at radius 1 is 1.38 bits per heavy atom. The molecule has 1 aromatic rings. The van der Waals surface area contributed by atoms with Crippen molar-refractivity contribution in [1.29, 1.82) is 0 Å². The SMILES string of the molecule is CC.CC1Nc2cc(O)ccc2O1. The Morgan fingerprint density at radius 2 is 2.08 bits per heavy atom. The minimum Gasteiger partial charge on any atom is -0.508 e. The molecular formula is C10H15NO2. The van der Waals surface area contributed by atoms with Crippen molar-refractivity contribution >= 4 is 5.69 Å². The van der Waals surface area contributed by atoms with Gasteiger partial charge in [-0.25, -0.2) is 0 Å². The number of hydrogen-bond donors (Lipinski definition) is 2. The molecule has 0 fully saturated rings. The van der Waals surface area contributed by atoms with E-state index in [0.29, 0.717) is 0 Å². The summed E-state index contributed by atoms with van der Waals surface area (Å²) < 4.78 is 5.34. The van der Waals surface area contributed by atoms with Crippen LogP contribution >= 0.6 is 0 Å². The molecule has 0 radical (unpaired) electrons. The van der Waals surface area contributed by atoms with Gasteiger partial charge in [-0.15, -0.1) is 0 Å². The van der Waals surface area contributed by atoms with Gasteiger partial charge in [-0.3, -0.25) is 0 Å². The molecule has 2 rings (SSSR count). The molecule has 3 heteroatoms. The van der Waals surface area contributed by atoms with Gasteiger partial charge in [-0.1, -0.05) is 13.8 Å². The second-order valence-electron chi connectivity index (χ2n) is 2.58. The van der Waals surface area contributed by atoms with E-state index in [9.17, 15) is 0 Å². The molecule has 1 atom stereocenters. The maximum Gasteiger partial charge on any atom is 0.167 e. The standard InChI is InChI=1S/C8H9NO2.C2H6/c1-5-9-7-4-6(10)2-3-8(7)11-5;1-2/h2-5,9-10H,1H3;1-2H3. The van der Waals surface area contributed by atoms with E-state index < -0.39 is 0 Å². The molecule has 0 saturated carbocycles. The van der Waals surface area contributed by atoms with Gasteiger partial charge in [0, 0.05) is 6.07 Å². The third-order valence-corrected chi connectivity index (χ3v) is 1.63. The molecule has 1 aliphatic rings. The summed E-state index contributed by atoms with van der Waals surface area (Å²) in [5, 5.41) is 12.1. The number of anilines is 1. The molecule has 0 aromatic heterocycles. The average molecular weight is 181 g/mol. The quantitative estimate of drug-likeness (QED) is 0.646. The highest BCUT2D eigenvalue weighted by molar-refractivity contribution is 5.62. The molecule has 72 valence electrons. The number of ether oxygens (including phenoxy) is 1. The molecule has 0 saturated heterocycles. The first-order valence-electron chi connectivity index (χ1n) is 4.52. The van der Waals surface area contributed by atoms with Gasteiger partial charge in [0.2, 0.25) is 0 Å². The molecule has 3 nitrogen and oxygen atoms in total. The number of fused-ring (bicyclic) bond motifs is 1. The van der Waals surface area contributed by atoms with Crippen molar-refractivity contribution in [2.45, 2.75) is 27.0 Å². The average Bonchev–Trinajstić information content (AvgIpc) is 2.48. The van der Waals surface area contributed by atoms with Crippen LogP contribution in [0.15, 0.2) is 18.2 Å². The zero-order valence-electron chi connectivity index (χ0n) is 8.16. The highest BCUT2D eigenvalue weighted by atomic mass is 16.5. The highest BCUT2D eigenvalue weighted by Crippen LogP contribution is 2.34. The lowest BCUT2D eigenvalue weighted by Gasteiger charge is -2.00. The lowest BCUT2D eigenvalue weighted by atomic mass is 10.3. The predicted octanol–water partition coefficient (Wildman–Crippen LogP) is 2.57. The summed E-state index contributed by atoms with van der Waals surface area (Å²) in [5.74, 6) is 1.06. The van der Waals surface area contributed by atoms with Crippen LogP contribution in [0.25, 0.3) is 0 Å². The van der Waals surface area contributed by atoms with E-state index in [0.717, 1.165) is 11.4 Å². The van der Waals surface area contributed by atoms with Crippen LogP contribution < -0.4 is 10.1 Å². The number of rotatable bonds is 0. The van der Waals surface area contributed by atoms with Gasteiger partial charge >= 0.3 is 0 Å². The van der Waals surface area contributed by atoms with E-state index >= 15 is 0 Å². The Morgan fingerprint density at radius 3 is 2.77 bits per heavy atom. The molecule has 0 spiro atoms. The van der Waals surface area contributed by atoms with Crippen LogP contribution in [0.1, 0.15) is 20.8 Å². The topological polar surface area (TPSA) is 41.5 Å². The van der Waals surface area contributed by atoms with Gasteiger partial charge in [0.15, 0.2) is 6.23 Å². The van der Waals surface area contributed by atoms with Crippen LogP contribution in [0.3, 0.4) is 0 Å². The van der Waals surface area contributed by atoms with E-state index in [1.165, 1.54) is 0 Å². The predicted molar refractivity (Wildman–Crippen MR) is 53.2 cm³/mol. The Hall–Kier alpha value is -1.38. The van der Waals surface area contributed by atoms with Crippen molar-refractivity contribution in [2.75, 3.05) is 5.32 Å². The van der Waals surface area contributed by atoms with Crippen LogP contribution in [0, 0.1) is 0 Å². The summed E-state index contributed by atoms with van der Waals surface area (Å²) >= 11 is 0. The van der Waals surface area contributed by atoms with Gasteiger partial charge < -0.3 is 15.2 Å². The van der Waals surface area contributed by atoms with Crippen molar-refractivity contribution in [3.05, 3.63) is 18.2 Å². The largest absolute Gasteiger partial charge is 0.508 e. The van der Waals surface area contributed by atoms with Crippen molar-refractivity contribution in [2.24, 2.45) is 0 Å². The van der Waals surface area contributed by atoms with Crippen molar-refractivity contribution in [1.82, 2.24) is 0 Å². The molecule has 1 unspecified atom stereocenters. The second-order valence-corrected chi connectivity index (χ2v) is 2.58. The van der Waals surface area contributed by atoms with Crippen LogP contribution in [0.2, 0.25) is 0 Å². The number of hydrogen-bond acceptors (Lipinski definition) is 3. The number of aromatic hydroxyl groups is 1. The number of phenols is 1. The van der Waals surface area contributed by atoms with Crippen LogP contribution in [-0.4, -0.2) is 11.3 Å². The summed E-state index contributed by atoms with van der Waals surface area (Å²) in [6, 6.07) is 5.01. The molecule has 13 heavy (non-hydrogen) atoms. The molecule has 1 aliphatic heterocycles. The molecule has 0 bridgehead atoms. The van der Waals surface area contributed by atoms with E-state index in [-0.39, 0.29) is 12.0 Å². The summed E-state index contributed by atoms with van der Waals surface area (Å²) in [7, 11) is 0. The third-order valence-electron chi connectivity index (χ3n) is 1.63. The fourth-order valence-electron chi connectivity index (χ4n) is 1.17. The minimum atomic E-state index is 0.00630. The van der Waals surface area contributed by atoms with Crippen molar-refractivity contribution in [3.8, 4) is 11.5 Å². The Kier molecular flexibility index (Phi) is 3.01. The fourth-order valence-corrected chi connectivity index (χ4v) is 1.17. The Bertz CT molecular complexity index is 286. The molecule has 1 aromatic carbocycles. The normalized spacial score (nSPS) is 17.6. The van der Waals surface area contributed by atoms with E-state index in [1.807, 2.05) is 20.8 Å². The molecule has 2 N–H and O–H groups in total. The van der Waals surface area contributed by atoms with E-state index in [4.69, 9.17) is 9.84 Å². The molecule has 0 aliphatic carbocycles.